The fourth-order valence-electron chi connectivity index (χ4n) is 4.25. The van der Waals surface area contributed by atoms with Gasteiger partial charge in [-0.1, -0.05) is 36.2 Å². The second-order valence-corrected chi connectivity index (χ2v) is 13.1. The molecule has 39 heavy (non-hydrogen) atoms. The first-order valence-electron chi connectivity index (χ1n) is 12.6. The topological polar surface area (TPSA) is 105 Å². The highest BCUT2D eigenvalue weighted by molar-refractivity contribution is 7.92. The van der Waals surface area contributed by atoms with E-state index in [0.717, 1.165) is 6.26 Å². The van der Waals surface area contributed by atoms with Crippen LogP contribution in [-0.2, 0) is 26.2 Å². The summed E-state index contributed by atoms with van der Waals surface area (Å²) >= 11 is 12.4. The molecule has 2 aromatic rings. The molecule has 1 atom stereocenters. The molecule has 0 unspecified atom stereocenters. The van der Waals surface area contributed by atoms with Crippen LogP contribution in [0, 0.1) is 0 Å². The highest BCUT2D eigenvalue weighted by Gasteiger charge is 2.31. The Balaban J connectivity index is 1.80. The predicted molar refractivity (Wildman–Crippen MR) is 153 cm³/mol. The first-order chi connectivity index (χ1) is 18.2. The van der Waals surface area contributed by atoms with E-state index >= 15 is 0 Å². The van der Waals surface area contributed by atoms with E-state index in [9.17, 15) is 18.0 Å². The zero-order valence-electron chi connectivity index (χ0n) is 22.8. The van der Waals surface area contributed by atoms with E-state index in [1.807, 2.05) is 27.7 Å². The second kappa shape index (κ2) is 12.7. The fourth-order valence-corrected chi connectivity index (χ4v) is 5.68. The fraction of sp³-hybridized carbons (Fsp3) is 0.481. The quantitative estimate of drug-likeness (QED) is 0.390. The number of carbonyl (C=O) groups is 2. The molecule has 9 nitrogen and oxygen atoms in total. The lowest BCUT2D eigenvalue weighted by molar-refractivity contribution is -0.142. The number of fused-ring (bicyclic) bond motifs is 1. The van der Waals surface area contributed by atoms with Gasteiger partial charge < -0.3 is 19.7 Å². The van der Waals surface area contributed by atoms with E-state index in [0.29, 0.717) is 39.2 Å². The van der Waals surface area contributed by atoms with E-state index in [-0.39, 0.29) is 44.5 Å². The normalized spacial score (nSPS) is 13.6. The Morgan fingerprint density at radius 2 is 1.77 bits per heavy atom. The van der Waals surface area contributed by atoms with Crippen LogP contribution in [0.4, 0.5) is 5.69 Å². The number of nitrogens with one attached hydrogen (secondary N) is 1. The minimum atomic E-state index is -3.65. The third-order valence-electron chi connectivity index (χ3n) is 6.04. The number of halogens is 2. The molecule has 0 radical (unpaired) electrons. The SMILES string of the molecule is CC[C@@H](C(=O)NC(C)(C)C)N(Cc1ccc(Cl)cc1Cl)C(=O)CCCN(c1ccc2c(c1)OCO2)S(C)(=O)=O. The second-order valence-electron chi connectivity index (χ2n) is 10.4. The lowest BCUT2D eigenvalue weighted by Gasteiger charge is -2.33. The lowest BCUT2D eigenvalue weighted by atomic mass is 10.0. The van der Waals surface area contributed by atoms with Crippen LogP contribution in [0.1, 0.15) is 52.5 Å². The van der Waals surface area contributed by atoms with Crippen molar-refractivity contribution in [3.63, 3.8) is 0 Å². The number of nitrogens with zero attached hydrogens (tertiary/aromatic N) is 2. The number of carbonyl (C=O) groups excluding carboxylic acids is 2. The first kappa shape index (κ1) is 30.8. The van der Waals surface area contributed by atoms with Gasteiger partial charge in [-0.15, -0.1) is 0 Å². The van der Waals surface area contributed by atoms with Crippen molar-refractivity contribution in [1.82, 2.24) is 10.2 Å². The molecule has 12 heteroatoms. The van der Waals surface area contributed by atoms with Crippen LogP contribution in [0.5, 0.6) is 11.5 Å². The summed E-state index contributed by atoms with van der Waals surface area (Å²) in [5.74, 6) is 0.425. The van der Waals surface area contributed by atoms with Crippen molar-refractivity contribution in [2.45, 2.75) is 65.1 Å². The van der Waals surface area contributed by atoms with Crippen LogP contribution in [0.25, 0.3) is 0 Å². The van der Waals surface area contributed by atoms with Crippen LogP contribution >= 0.6 is 23.2 Å². The average Bonchev–Trinajstić information content (AvgIpc) is 3.29. The highest BCUT2D eigenvalue weighted by atomic mass is 35.5. The average molecular weight is 601 g/mol. The smallest absolute Gasteiger partial charge is 0.243 e. The van der Waals surface area contributed by atoms with E-state index < -0.39 is 21.6 Å². The molecular formula is C27H35Cl2N3O6S. The first-order valence-corrected chi connectivity index (χ1v) is 15.2. The van der Waals surface area contributed by atoms with Gasteiger partial charge in [-0.05, 0) is 63.4 Å². The number of benzene rings is 2. The minimum absolute atomic E-state index is 0.0150. The van der Waals surface area contributed by atoms with Gasteiger partial charge in [-0.25, -0.2) is 8.42 Å². The maximum absolute atomic E-state index is 13.6. The summed E-state index contributed by atoms with van der Waals surface area (Å²) in [4.78, 5) is 28.3. The molecule has 3 rings (SSSR count). The molecule has 0 aliphatic carbocycles. The maximum Gasteiger partial charge on any atom is 0.243 e. The highest BCUT2D eigenvalue weighted by Crippen LogP contribution is 2.36. The molecule has 214 valence electrons. The number of ether oxygens (including phenoxy) is 2. The van der Waals surface area contributed by atoms with Crippen LogP contribution < -0.4 is 19.1 Å². The molecule has 2 amide bonds. The molecule has 1 aliphatic heterocycles. The standard InChI is InChI=1S/C27H35Cl2N3O6S/c1-6-22(26(34)30-27(2,3)4)31(16-18-9-10-19(28)14-21(18)29)25(33)8-7-13-32(39(5,35)36)20-11-12-23-24(15-20)38-17-37-23/h9-12,14-15,22H,6-8,13,16-17H2,1-5H3,(H,30,34)/t22-/m0/s1. The van der Waals surface area contributed by atoms with Crippen molar-refractivity contribution in [1.29, 1.82) is 0 Å². The summed E-state index contributed by atoms with van der Waals surface area (Å²) in [5, 5.41) is 3.80. The van der Waals surface area contributed by atoms with Crippen LogP contribution in [0.2, 0.25) is 10.0 Å². The Bertz CT molecular complexity index is 1310. The third kappa shape index (κ3) is 8.40. The maximum atomic E-state index is 13.6. The van der Waals surface area contributed by atoms with Gasteiger partial charge in [0.15, 0.2) is 11.5 Å². The predicted octanol–water partition coefficient (Wildman–Crippen LogP) is 4.99. The zero-order valence-corrected chi connectivity index (χ0v) is 25.1. The van der Waals surface area contributed by atoms with E-state index in [2.05, 4.69) is 5.32 Å². The van der Waals surface area contributed by atoms with E-state index in [1.54, 1.807) is 36.4 Å². The third-order valence-corrected chi connectivity index (χ3v) is 7.82. The van der Waals surface area contributed by atoms with Crippen LogP contribution in [0.3, 0.4) is 0 Å². The Morgan fingerprint density at radius 3 is 2.38 bits per heavy atom. The van der Waals surface area contributed by atoms with Gasteiger partial charge in [0.1, 0.15) is 6.04 Å². The molecule has 2 aromatic carbocycles. The van der Waals surface area contributed by atoms with Crippen LogP contribution in [0.15, 0.2) is 36.4 Å². The number of anilines is 1. The van der Waals surface area contributed by atoms with Gasteiger partial charge in [0.2, 0.25) is 28.6 Å². The van der Waals surface area contributed by atoms with Gasteiger partial charge in [0.05, 0.1) is 11.9 Å². The Morgan fingerprint density at radius 1 is 1.08 bits per heavy atom. The van der Waals surface area contributed by atoms with Crippen molar-refractivity contribution in [2.24, 2.45) is 0 Å². The summed E-state index contributed by atoms with van der Waals surface area (Å²) < 4.78 is 37.1. The number of amides is 2. The van der Waals surface area contributed by atoms with Gasteiger partial charge in [-0.3, -0.25) is 13.9 Å². The Kier molecular flexibility index (Phi) is 10.0. The van der Waals surface area contributed by atoms with Gasteiger partial charge in [0, 0.05) is 41.2 Å². The molecule has 1 N–H and O–H groups in total. The van der Waals surface area contributed by atoms with Crippen molar-refractivity contribution >= 4 is 50.7 Å². The number of rotatable bonds is 11. The summed E-state index contributed by atoms with van der Waals surface area (Å²) in [6.07, 6.45) is 1.73. The summed E-state index contributed by atoms with van der Waals surface area (Å²) in [7, 11) is -3.65. The monoisotopic (exact) mass is 599 g/mol. The summed E-state index contributed by atoms with van der Waals surface area (Å²) in [6, 6.07) is 9.13. The summed E-state index contributed by atoms with van der Waals surface area (Å²) in [5.41, 5.74) is 0.571. The Labute approximate surface area is 240 Å². The zero-order chi connectivity index (χ0) is 29.0. The number of sulfonamides is 1. The Hall–Kier alpha value is -2.69. The van der Waals surface area contributed by atoms with Crippen LogP contribution in [-0.4, -0.2) is 56.3 Å². The molecular weight excluding hydrogens is 565 g/mol. The van der Waals surface area contributed by atoms with Crippen molar-refractivity contribution < 1.29 is 27.5 Å². The molecule has 1 aliphatic rings. The van der Waals surface area contributed by atoms with Gasteiger partial charge in [-0.2, -0.15) is 0 Å². The van der Waals surface area contributed by atoms with E-state index in [4.69, 9.17) is 32.7 Å². The van der Waals surface area contributed by atoms with Gasteiger partial charge >= 0.3 is 0 Å². The lowest BCUT2D eigenvalue weighted by Crippen LogP contribution is -2.53. The van der Waals surface area contributed by atoms with Gasteiger partial charge in [0.25, 0.3) is 0 Å². The van der Waals surface area contributed by atoms with Crippen molar-refractivity contribution in [3.05, 3.63) is 52.0 Å². The van der Waals surface area contributed by atoms with E-state index in [1.165, 1.54) is 9.21 Å². The molecule has 0 aromatic heterocycles. The molecule has 0 spiro atoms. The molecule has 0 bridgehead atoms. The number of hydrogen-bond acceptors (Lipinski definition) is 6. The minimum Gasteiger partial charge on any atom is -0.454 e. The van der Waals surface area contributed by atoms with Crippen molar-refractivity contribution in [2.75, 3.05) is 23.9 Å². The van der Waals surface area contributed by atoms with Crippen molar-refractivity contribution in [3.8, 4) is 11.5 Å². The number of hydrogen-bond donors (Lipinski definition) is 1. The molecule has 0 saturated heterocycles. The molecule has 0 saturated carbocycles. The summed E-state index contributed by atoms with van der Waals surface area (Å²) in [6.45, 7) is 7.68. The largest absolute Gasteiger partial charge is 0.454 e. The molecule has 0 fully saturated rings. The molecule has 1 heterocycles.